The van der Waals surface area contributed by atoms with Crippen LogP contribution in [0.15, 0.2) is 30.3 Å². The first-order chi connectivity index (χ1) is 18.6. The Balaban J connectivity index is 0.00000231. The van der Waals surface area contributed by atoms with E-state index in [1.807, 2.05) is 17.0 Å². The van der Waals surface area contributed by atoms with Crippen molar-refractivity contribution in [3.8, 4) is 0 Å². The van der Waals surface area contributed by atoms with Crippen molar-refractivity contribution in [1.29, 1.82) is 0 Å². The van der Waals surface area contributed by atoms with Gasteiger partial charge in [0.15, 0.2) is 0 Å². The molecule has 0 aliphatic carbocycles. The number of anilines is 1. The average Bonchev–Trinajstić information content (AvgIpc) is 3.16. The molecule has 3 atom stereocenters. The molecule has 41 heavy (non-hydrogen) atoms. The second-order valence-corrected chi connectivity index (χ2v) is 12.1. The smallest absolute Gasteiger partial charge is 0.241 e. The number of pyridine rings is 1. The van der Waals surface area contributed by atoms with E-state index in [1.165, 1.54) is 12.1 Å². The van der Waals surface area contributed by atoms with Crippen molar-refractivity contribution in [3.63, 3.8) is 0 Å². The number of benzene rings is 1. The summed E-state index contributed by atoms with van der Waals surface area (Å²) in [6.07, 6.45) is 0.436. The quantitative estimate of drug-likeness (QED) is 0.498. The molecule has 8 nitrogen and oxygen atoms in total. The molecule has 0 unspecified atom stereocenters. The van der Waals surface area contributed by atoms with Gasteiger partial charge in [-0.15, -0.1) is 24.8 Å². The standard InChI is InChI=1S/C30H42FN5O3.2ClH/c1-20-14-35(25(13-32-20)15-34-8-9-39-18-21(34)2)16-28(38)36-19-30(3,4)29-27(36)12-23(26(17-37)33-29)10-22-6-5-7-24(31)11-22;;/h5-7,11-12,20-21,25,32,37H,8-10,13-19H2,1-4H3;2*1H/t20-,21-,25-;;/m1../s1. The number of carbonyl (C=O) groups is 1. The van der Waals surface area contributed by atoms with Crippen LogP contribution >= 0.6 is 24.8 Å². The van der Waals surface area contributed by atoms with Crippen molar-refractivity contribution in [2.75, 3.05) is 57.4 Å². The van der Waals surface area contributed by atoms with E-state index in [-0.39, 0.29) is 54.6 Å². The lowest BCUT2D eigenvalue weighted by Gasteiger charge is -2.43. The molecule has 3 aliphatic heterocycles. The maximum absolute atomic E-state index is 13.9. The highest BCUT2D eigenvalue weighted by Gasteiger charge is 2.41. The molecule has 2 saturated heterocycles. The second-order valence-electron chi connectivity index (χ2n) is 12.1. The van der Waals surface area contributed by atoms with Crippen molar-refractivity contribution >= 4 is 36.4 Å². The number of aliphatic hydroxyl groups excluding tert-OH is 1. The Hall–Kier alpha value is -1.85. The van der Waals surface area contributed by atoms with Crippen LogP contribution in [0, 0.1) is 5.82 Å². The minimum Gasteiger partial charge on any atom is -0.390 e. The minimum atomic E-state index is -0.342. The van der Waals surface area contributed by atoms with E-state index < -0.39 is 0 Å². The molecule has 0 radical (unpaired) electrons. The van der Waals surface area contributed by atoms with Gasteiger partial charge < -0.3 is 20.1 Å². The molecule has 2 fully saturated rings. The zero-order chi connectivity index (χ0) is 27.7. The Bertz CT molecular complexity index is 1200. The fourth-order valence-electron chi connectivity index (χ4n) is 6.19. The highest BCUT2D eigenvalue weighted by atomic mass is 35.5. The zero-order valence-corrected chi connectivity index (χ0v) is 26.1. The van der Waals surface area contributed by atoms with Gasteiger partial charge in [-0.2, -0.15) is 0 Å². The average molecular weight is 613 g/mol. The molecule has 2 aromatic rings. The molecule has 11 heteroatoms. The number of fused-ring (bicyclic) bond motifs is 1. The van der Waals surface area contributed by atoms with Crippen LogP contribution in [0.2, 0.25) is 0 Å². The molecule has 1 amide bonds. The van der Waals surface area contributed by atoms with E-state index in [9.17, 15) is 14.3 Å². The van der Waals surface area contributed by atoms with Crippen molar-refractivity contribution < 1.29 is 19.0 Å². The molecule has 0 saturated carbocycles. The molecular formula is C30H44Cl2FN5O3. The van der Waals surface area contributed by atoms with Gasteiger partial charge in [0.05, 0.1) is 43.4 Å². The number of rotatable bonds is 7. The van der Waals surface area contributed by atoms with E-state index >= 15 is 0 Å². The van der Waals surface area contributed by atoms with Crippen molar-refractivity contribution in [3.05, 3.63) is 58.7 Å². The predicted octanol–water partition coefficient (Wildman–Crippen LogP) is 3.15. The molecule has 2 N–H and O–H groups in total. The summed E-state index contributed by atoms with van der Waals surface area (Å²) in [5.41, 5.74) is 3.48. The SMILES string of the molecule is C[C@@H]1CN(CC(=O)N2CC(C)(C)c3nc(CO)c(Cc4cccc(F)c4)cc32)[C@@H](CN2CCOC[C@H]2C)CN1.Cl.Cl. The van der Waals surface area contributed by atoms with Gasteiger partial charge in [0.25, 0.3) is 0 Å². The van der Waals surface area contributed by atoms with Crippen LogP contribution in [0.3, 0.4) is 0 Å². The number of nitrogens with zero attached hydrogens (tertiary/aromatic N) is 4. The highest BCUT2D eigenvalue weighted by Crippen LogP contribution is 2.41. The van der Waals surface area contributed by atoms with Crippen molar-refractivity contribution in [1.82, 2.24) is 20.1 Å². The van der Waals surface area contributed by atoms with Crippen molar-refractivity contribution in [2.45, 2.75) is 64.3 Å². The summed E-state index contributed by atoms with van der Waals surface area (Å²) in [5, 5.41) is 13.7. The van der Waals surface area contributed by atoms with Crippen LogP contribution in [0.25, 0.3) is 0 Å². The fourth-order valence-corrected chi connectivity index (χ4v) is 6.19. The van der Waals surface area contributed by atoms with E-state index in [1.54, 1.807) is 6.07 Å². The number of amides is 1. The number of halogens is 3. The van der Waals surface area contributed by atoms with E-state index in [0.29, 0.717) is 37.3 Å². The Labute approximate surface area is 255 Å². The summed E-state index contributed by atoms with van der Waals surface area (Å²) in [6, 6.07) is 9.37. The maximum atomic E-state index is 13.9. The van der Waals surface area contributed by atoms with E-state index in [0.717, 1.165) is 61.9 Å². The summed E-state index contributed by atoms with van der Waals surface area (Å²) < 4.78 is 19.5. The zero-order valence-electron chi connectivity index (χ0n) is 24.4. The summed E-state index contributed by atoms with van der Waals surface area (Å²) in [7, 11) is 0. The molecular weight excluding hydrogens is 568 g/mol. The van der Waals surface area contributed by atoms with Crippen LogP contribution < -0.4 is 10.2 Å². The van der Waals surface area contributed by atoms with Crippen LogP contribution in [0.1, 0.15) is 50.2 Å². The minimum absolute atomic E-state index is 0. The molecule has 228 valence electrons. The number of ether oxygens (including phenoxy) is 1. The highest BCUT2D eigenvalue weighted by molar-refractivity contribution is 5.97. The van der Waals surface area contributed by atoms with Crippen LogP contribution in [-0.2, 0) is 28.0 Å². The molecule has 1 aromatic heterocycles. The monoisotopic (exact) mass is 611 g/mol. The van der Waals surface area contributed by atoms with Gasteiger partial charge in [-0.1, -0.05) is 26.0 Å². The number of carbonyl (C=O) groups excluding carboxylic acids is 1. The molecule has 3 aliphatic rings. The lowest BCUT2D eigenvalue weighted by atomic mass is 9.90. The molecule has 1 aromatic carbocycles. The number of aliphatic hydroxyl groups is 1. The predicted molar refractivity (Wildman–Crippen MR) is 164 cm³/mol. The lowest BCUT2D eigenvalue weighted by molar-refractivity contribution is -0.121. The molecule has 4 heterocycles. The lowest BCUT2D eigenvalue weighted by Crippen LogP contribution is -2.62. The fraction of sp³-hybridized carbons (Fsp3) is 0.600. The third kappa shape index (κ3) is 7.57. The second kappa shape index (κ2) is 14.1. The first kappa shape index (κ1) is 33.6. The summed E-state index contributed by atoms with van der Waals surface area (Å²) >= 11 is 0. The number of nitrogens with one attached hydrogen (secondary N) is 1. The van der Waals surface area contributed by atoms with Gasteiger partial charge in [0.1, 0.15) is 5.82 Å². The summed E-state index contributed by atoms with van der Waals surface area (Å²) in [5.74, 6) is -0.234. The Morgan fingerprint density at radius 1 is 1.22 bits per heavy atom. The first-order valence-corrected chi connectivity index (χ1v) is 14.1. The number of morpholine rings is 1. The van der Waals surface area contributed by atoms with E-state index in [4.69, 9.17) is 9.72 Å². The normalized spacial score (nSPS) is 24.3. The number of aromatic nitrogens is 1. The number of hydrogen-bond acceptors (Lipinski definition) is 7. The number of piperazine rings is 1. The molecule has 0 bridgehead atoms. The van der Waals surface area contributed by atoms with Gasteiger partial charge in [-0.3, -0.25) is 19.6 Å². The Morgan fingerprint density at radius 3 is 2.71 bits per heavy atom. The van der Waals surface area contributed by atoms with Gasteiger partial charge >= 0.3 is 0 Å². The first-order valence-electron chi connectivity index (χ1n) is 14.1. The van der Waals surface area contributed by atoms with Gasteiger partial charge in [0, 0.05) is 56.3 Å². The Kier molecular flexibility index (Phi) is 11.6. The topological polar surface area (TPSA) is 81.2 Å². The van der Waals surface area contributed by atoms with Gasteiger partial charge in [-0.05, 0) is 49.6 Å². The van der Waals surface area contributed by atoms with Crippen LogP contribution in [0.4, 0.5) is 10.1 Å². The van der Waals surface area contributed by atoms with E-state index in [2.05, 4.69) is 42.8 Å². The Morgan fingerprint density at radius 2 is 2.00 bits per heavy atom. The van der Waals surface area contributed by atoms with Crippen molar-refractivity contribution in [2.24, 2.45) is 0 Å². The third-order valence-electron chi connectivity index (χ3n) is 8.41. The number of hydrogen-bond donors (Lipinski definition) is 2. The third-order valence-corrected chi connectivity index (χ3v) is 8.41. The summed E-state index contributed by atoms with van der Waals surface area (Å²) in [6.45, 7) is 14.2. The maximum Gasteiger partial charge on any atom is 0.241 e. The van der Waals surface area contributed by atoms with Gasteiger partial charge in [-0.25, -0.2) is 4.39 Å². The van der Waals surface area contributed by atoms with Crippen LogP contribution in [-0.4, -0.2) is 96.4 Å². The van der Waals surface area contributed by atoms with Crippen LogP contribution in [0.5, 0.6) is 0 Å². The molecule has 5 rings (SSSR count). The largest absolute Gasteiger partial charge is 0.390 e. The van der Waals surface area contributed by atoms with Gasteiger partial charge in [0.2, 0.25) is 5.91 Å². The molecule has 0 spiro atoms. The summed E-state index contributed by atoms with van der Waals surface area (Å²) in [4.78, 5) is 25.5.